The molecule has 0 amide bonds. The molecule has 0 unspecified atom stereocenters. The molecule has 1 aliphatic rings. The molecular weight excluding hydrogens is 524 g/mol. The predicted octanol–water partition coefficient (Wildman–Crippen LogP) is 3.17. The molecule has 4 rings (SSSR count). The largest absolute Gasteiger partial charge is 0.295 e. The van der Waals surface area contributed by atoms with Gasteiger partial charge in [0.15, 0.2) is 0 Å². The van der Waals surface area contributed by atoms with Crippen LogP contribution >= 0.6 is 12.0 Å². The Hall–Kier alpha value is -3.15. The minimum atomic E-state index is -4.85. The van der Waals surface area contributed by atoms with Crippen LogP contribution in [0.1, 0.15) is 11.1 Å². The molecule has 0 atom stereocenters. The number of allylic oxidation sites excluding steroid dienone is 1. The molecule has 1 aliphatic carbocycles. The van der Waals surface area contributed by atoms with E-state index in [2.05, 4.69) is 19.9 Å². The second kappa shape index (κ2) is 9.48. The maximum Gasteiger partial charge on any atom is 0.295 e. The fourth-order valence-corrected chi connectivity index (χ4v) is 5.46. The van der Waals surface area contributed by atoms with Crippen molar-refractivity contribution in [3.8, 4) is 0 Å². The summed E-state index contributed by atoms with van der Waals surface area (Å²) in [5, 5.41) is 16.4. The van der Waals surface area contributed by atoms with Crippen LogP contribution < -0.4 is 5.43 Å². The van der Waals surface area contributed by atoms with Crippen molar-refractivity contribution in [1.82, 2.24) is 0 Å². The Morgan fingerprint density at radius 2 is 1.57 bits per heavy atom. The summed E-state index contributed by atoms with van der Waals surface area (Å²) in [5.74, 6) is -0.677. The van der Waals surface area contributed by atoms with Gasteiger partial charge < -0.3 is 0 Å². The number of benzene rings is 3. The van der Waals surface area contributed by atoms with E-state index in [0.29, 0.717) is 17.4 Å². The van der Waals surface area contributed by atoms with E-state index in [1.165, 1.54) is 24.3 Å². The lowest BCUT2D eigenvalue weighted by molar-refractivity contribution is -0.432. The number of nitrogens with zero attached hydrogens (tertiary/aromatic N) is 1. The standard InChI is InChI=1S/C20H14N2O10S3/c23-16-7-5-11-9-12(33-32-31-24)10-18(35(28,29)30)19(11)20(16)22-21-15-6-8-17(34(25,26)27)14-4-2-1-3-13(14)15/h1-10,21,24H,(H,25,26,27)(H,28,29,30)/b22-20+. The molecule has 0 saturated carbocycles. The number of hydrogen-bond acceptors (Lipinski definition) is 11. The monoisotopic (exact) mass is 538 g/mol. The first-order valence-corrected chi connectivity index (χ1v) is 13.0. The van der Waals surface area contributed by atoms with Crippen molar-refractivity contribution >= 4 is 66.3 Å². The first-order valence-electron chi connectivity index (χ1n) is 9.36. The Morgan fingerprint density at radius 1 is 0.886 bits per heavy atom. The van der Waals surface area contributed by atoms with E-state index < -0.39 is 30.9 Å². The van der Waals surface area contributed by atoms with Crippen molar-refractivity contribution in [3.05, 3.63) is 65.7 Å². The number of hydrogen-bond donors (Lipinski definition) is 4. The van der Waals surface area contributed by atoms with Crippen LogP contribution in [0.5, 0.6) is 0 Å². The van der Waals surface area contributed by atoms with Gasteiger partial charge in [-0.3, -0.25) is 19.3 Å². The second-order valence-corrected chi connectivity index (χ2v) is 10.5. The Bertz CT molecular complexity index is 1630. The molecule has 4 N–H and O–H groups in total. The molecule has 35 heavy (non-hydrogen) atoms. The van der Waals surface area contributed by atoms with Gasteiger partial charge in [-0.05, 0) is 35.9 Å². The quantitative estimate of drug-likeness (QED) is 0.149. The molecule has 3 aromatic rings. The summed E-state index contributed by atoms with van der Waals surface area (Å²) in [6, 6.07) is 11.1. The van der Waals surface area contributed by atoms with Gasteiger partial charge >= 0.3 is 0 Å². The van der Waals surface area contributed by atoms with E-state index in [0.717, 1.165) is 18.2 Å². The number of ketones is 1. The first kappa shape index (κ1) is 25.0. The average Bonchev–Trinajstić information content (AvgIpc) is 2.80. The third-order valence-electron chi connectivity index (χ3n) is 4.88. The lowest BCUT2D eigenvalue weighted by Gasteiger charge is -2.17. The van der Waals surface area contributed by atoms with Gasteiger partial charge in [0.1, 0.15) is 15.5 Å². The molecular formula is C20H14N2O10S3. The number of carbonyl (C=O) groups is 1. The lowest BCUT2D eigenvalue weighted by Crippen LogP contribution is -2.22. The molecule has 0 heterocycles. The highest BCUT2D eigenvalue weighted by atomic mass is 32.2. The van der Waals surface area contributed by atoms with Gasteiger partial charge in [0.25, 0.3) is 20.2 Å². The molecule has 15 heteroatoms. The smallest absolute Gasteiger partial charge is 0.287 e. The van der Waals surface area contributed by atoms with Gasteiger partial charge in [-0.1, -0.05) is 35.4 Å². The van der Waals surface area contributed by atoms with Crippen LogP contribution in [0.4, 0.5) is 5.69 Å². The zero-order chi connectivity index (χ0) is 25.4. The number of anilines is 1. The molecule has 3 aromatic carbocycles. The molecule has 0 aromatic heterocycles. The minimum absolute atomic E-state index is 0.114. The molecule has 0 spiro atoms. The summed E-state index contributed by atoms with van der Waals surface area (Å²) < 4.78 is 71.2. The minimum Gasteiger partial charge on any atom is -0.287 e. The number of fused-ring (bicyclic) bond motifs is 2. The van der Waals surface area contributed by atoms with Crippen LogP contribution in [0.2, 0.25) is 0 Å². The number of rotatable bonds is 7. The van der Waals surface area contributed by atoms with Gasteiger partial charge in [-0.15, -0.1) is 4.33 Å². The van der Waals surface area contributed by atoms with Crippen molar-refractivity contribution in [3.63, 3.8) is 0 Å². The van der Waals surface area contributed by atoms with E-state index in [1.54, 1.807) is 18.2 Å². The van der Waals surface area contributed by atoms with Crippen molar-refractivity contribution in [2.24, 2.45) is 5.10 Å². The number of nitrogens with one attached hydrogen (secondary N) is 1. The van der Waals surface area contributed by atoms with Gasteiger partial charge in [-0.2, -0.15) is 21.9 Å². The van der Waals surface area contributed by atoms with Crippen LogP contribution in [0.3, 0.4) is 0 Å². The summed E-state index contributed by atoms with van der Waals surface area (Å²) in [4.78, 5) is 11.8. The predicted molar refractivity (Wildman–Crippen MR) is 125 cm³/mol. The summed E-state index contributed by atoms with van der Waals surface area (Å²) in [6.07, 6.45) is 2.44. The zero-order valence-electron chi connectivity index (χ0n) is 17.1. The number of carbonyl (C=O) groups excluding carboxylic acids is 1. The zero-order valence-corrected chi connectivity index (χ0v) is 19.6. The van der Waals surface area contributed by atoms with E-state index in [4.69, 9.17) is 5.26 Å². The maximum absolute atomic E-state index is 12.6. The average molecular weight is 539 g/mol. The fourth-order valence-electron chi connectivity index (χ4n) is 3.49. The Kier molecular flexibility index (Phi) is 6.76. The molecule has 182 valence electrons. The second-order valence-electron chi connectivity index (χ2n) is 6.99. The molecule has 0 bridgehead atoms. The van der Waals surface area contributed by atoms with E-state index in [1.807, 2.05) is 0 Å². The summed E-state index contributed by atoms with van der Waals surface area (Å²) in [6.45, 7) is 0. The molecule has 0 radical (unpaired) electrons. The molecule has 0 saturated heterocycles. The highest BCUT2D eigenvalue weighted by Gasteiger charge is 2.29. The first-order chi connectivity index (χ1) is 16.5. The Labute approximate surface area is 202 Å². The van der Waals surface area contributed by atoms with Crippen molar-refractivity contribution in [2.75, 3.05) is 5.43 Å². The van der Waals surface area contributed by atoms with Gasteiger partial charge in [0.2, 0.25) is 5.78 Å². The third-order valence-corrected chi connectivity index (χ3v) is 7.23. The molecule has 12 nitrogen and oxygen atoms in total. The number of hydrazone groups is 1. The van der Waals surface area contributed by atoms with Crippen LogP contribution in [0.25, 0.3) is 16.8 Å². The van der Waals surface area contributed by atoms with Crippen molar-refractivity contribution in [1.29, 1.82) is 0 Å². The lowest BCUT2D eigenvalue weighted by atomic mass is 9.94. The summed E-state index contributed by atoms with van der Waals surface area (Å²) in [5.41, 5.74) is 2.52. The van der Waals surface area contributed by atoms with Crippen LogP contribution in [0.15, 0.2) is 74.4 Å². The van der Waals surface area contributed by atoms with E-state index >= 15 is 0 Å². The van der Waals surface area contributed by atoms with Gasteiger partial charge in [0, 0.05) is 21.2 Å². The highest BCUT2D eigenvalue weighted by molar-refractivity contribution is 7.94. The third kappa shape index (κ3) is 5.12. The Balaban J connectivity index is 1.86. The van der Waals surface area contributed by atoms with Crippen LogP contribution in [-0.2, 0) is 34.4 Å². The Morgan fingerprint density at radius 3 is 2.23 bits per heavy atom. The van der Waals surface area contributed by atoms with Crippen molar-refractivity contribution < 1.29 is 45.4 Å². The van der Waals surface area contributed by atoms with E-state index in [9.17, 15) is 30.7 Å². The topological polar surface area (TPSA) is 189 Å². The summed E-state index contributed by atoms with van der Waals surface area (Å²) in [7, 11) is -9.37. The maximum atomic E-state index is 12.6. The van der Waals surface area contributed by atoms with Gasteiger partial charge in [-0.25, -0.2) is 5.26 Å². The SMILES string of the molecule is O=C1C=Cc2cc(SOOO)cc(S(=O)(=O)O)c2/C1=N/Nc1ccc(S(=O)(=O)O)c2ccccc12. The normalized spacial score (nSPS) is 14.9. The fraction of sp³-hybridized carbons (Fsp3) is 0. The summed E-state index contributed by atoms with van der Waals surface area (Å²) >= 11 is 0.449. The van der Waals surface area contributed by atoms with Crippen LogP contribution in [0, 0.1) is 0 Å². The van der Waals surface area contributed by atoms with Gasteiger partial charge in [0.05, 0.1) is 17.7 Å². The van der Waals surface area contributed by atoms with E-state index in [-0.39, 0.29) is 37.7 Å². The molecule has 0 fully saturated rings. The van der Waals surface area contributed by atoms with Crippen LogP contribution in [-0.4, -0.2) is 42.7 Å². The van der Waals surface area contributed by atoms with Crippen molar-refractivity contribution in [2.45, 2.75) is 14.7 Å². The highest BCUT2D eigenvalue weighted by Crippen LogP contribution is 2.33. The molecule has 0 aliphatic heterocycles.